The van der Waals surface area contributed by atoms with Crippen LogP contribution in [0.1, 0.15) is 13.8 Å². The van der Waals surface area contributed by atoms with Gasteiger partial charge in [-0.3, -0.25) is 0 Å². The molecule has 0 aliphatic carbocycles. The smallest absolute Gasteiger partial charge is 0.272 e. The molecule has 1 heterocycles. The van der Waals surface area contributed by atoms with Gasteiger partial charge >= 0.3 is 0 Å². The highest BCUT2D eigenvalue weighted by Gasteiger charge is 2.26. The second-order valence-electron chi connectivity index (χ2n) is 2.72. The molecule has 0 aromatic carbocycles. The second-order valence-corrected chi connectivity index (χ2v) is 3.37. The summed E-state index contributed by atoms with van der Waals surface area (Å²) in [4.78, 5) is 0. The van der Waals surface area contributed by atoms with Gasteiger partial charge in [-0.05, 0) is 13.8 Å². The van der Waals surface area contributed by atoms with Gasteiger partial charge in [0.15, 0.2) is 0 Å². The van der Waals surface area contributed by atoms with Crippen LogP contribution < -0.4 is 0 Å². The molecule has 1 saturated heterocycles. The van der Waals surface area contributed by atoms with Crippen LogP contribution in [-0.2, 0) is 14.2 Å². The summed E-state index contributed by atoms with van der Waals surface area (Å²) in [7, 11) is 0. The zero-order valence-corrected chi connectivity index (χ0v) is 8.33. The Morgan fingerprint density at radius 2 is 2.36 bits per heavy atom. The van der Waals surface area contributed by atoms with Crippen LogP contribution in [0.4, 0.5) is 0 Å². The van der Waals surface area contributed by atoms with Crippen molar-refractivity contribution in [1.82, 2.24) is 0 Å². The molecule has 1 fully saturated rings. The molecule has 2 atom stereocenters. The van der Waals surface area contributed by atoms with Gasteiger partial charge < -0.3 is 14.2 Å². The van der Waals surface area contributed by atoms with Crippen LogP contribution in [0.25, 0.3) is 0 Å². The van der Waals surface area contributed by atoms with E-state index in [0.717, 1.165) is 5.33 Å². The van der Waals surface area contributed by atoms with Gasteiger partial charge in [-0.15, -0.1) is 0 Å². The van der Waals surface area contributed by atoms with Gasteiger partial charge in [0, 0.05) is 5.33 Å². The normalized spacial score (nSPS) is 31.6. The largest absolute Gasteiger partial charge is 0.327 e. The SMILES string of the molecule is CC(C)O[C@@H]1OC[C@H](CBr)O1. The van der Waals surface area contributed by atoms with Crippen LogP contribution in [-0.4, -0.2) is 30.6 Å². The number of alkyl halides is 1. The van der Waals surface area contributed by atoms with E-state index >= 15 is 0 Å². The summed E-state index contributed by atoms with van der Waals surface area (Å²) in [5.74, 6) is 0. The standard InChI is InChI=1S/C7H13BrO3/c1-5(2)10-7-9-4-6(3-8)11-7/h5-7H,3-4H2,1-2H3/t6-,7-/m0/s1. The Kier molecular flexibility index (Phi) is 3.78. The molecule has 1 aliphatic rings. The lowest BCUT2D eigenvalue weighted by atomic mass is 10.5. The van der Waals surface area contributed by atoms with Gasteiger partial charge in [-0.1, -0.05) is 15.9 Å². The average Bonchev–Trinajstić information content (AvgIpc) is 2.34. The number of hydrogen-bond donors (Lipinski definition) is 0. The van der Waals surface area contributed by atoms with E-state index in [-0.39, 0.29) is 12.2 Å². The fourth-order valence-corrected chi connectivity index (χ4v) is 1.14. The maximum absolute atomic E-state index is 5.33. The van der Waals surface area contributed by atoms with Crippen LogP contribution in [0, 0.1) is 0 Å². The van der Waals surface area contributed by atoms with E-state index in [9.17, 15) is 0 Å². The Bertz CT molecular complexity index is 118. The van der Waals surface area contributed by atoms with E-state index in [1.807, 2.05) is 13.8 Å². The number of halogens is 1. The molecule has 0 aromatic heterocycles. The summed E-state index contributed by atoms with van der Waals surface area (Å²) >= 11 is 3.31. The molecule has 0 N–H and O–H groups in total. The summed E-state index contributed by atoms with van der Waals surface area (Å²) in [6.07, 6.45) is 0.285. The summed E-state index contributed by atoms with van der Waals surface area (Å²) in [5, 5.41) is 0.797. The summed E-state index contributed by atoms with van der Waals surface area (Å²) < 4.78 is 15.8. The van der Waals surface area contributed by atoms with E-state index in [4.69, 9.17) is 14.2 Å². The molecule has 0 amide bonds. The topological polar surface area (TPSA) is 27.7 Å². The molecular formula is C7H13BrO3. The van der Waals surface area contributed by atoms with E-state index < -0.39 is 6.48 Å². The van der Waals surface area contributed by atoms with Gasteiger partial charge in [0.25, 0.3) is 6.48 Å². The van der Waals surface area contributed by atoms with Crippen LogP contribution in [0.2, 0.25) is 0 Å². The molecule has 0 saturated carbocycles. The third-order valence-electron chi connectivity index (χ3n) is 1.28. The van der Waals surface area contributed by atoms with E-state index in [1.165, 1.54) is 0 Å². The van der Waals surface area contributed by atoms with Crippen LogP contribution >= 0.6 is 15.9 Å². The number of rotatable bonds is 3. The average molecular weight is 225 g/mol. The Labute approximate surface area is 75.1 Å². The molecule has 0 aromatic rings. The minimum atomic E-state index is -0.461. The molecule has 0 unspecified atom stereocenters. The van der Waals surface area contributed by atoms with Crippen molar-refractivity contribution in [3.63, 3.8) is 0 Å². The Morgan fingerprint density at radius 1 is 1.64 bits per heavy atom. The van der Waals surface area contributed by atoms with Crippen molar-refractivity contribution >= 4 is 15.9 Å². The van der Waals surface area contributed by atoms with Crippen molar-refractivity contribution in [3.8, 4) is 0 Å². The van der Waals surface area contributed by atoms with Crippen LogP contribution in [0.5, 0.6) is 0 Å². The van der Waals surface area contributed by atoms with Crippen molar-refractivity contribution in [2.24, 2.45) is 0 Å². The number of ether oxygens (including phenoxy) is 3. The zero-order chi connectivity index (χ0) is 8.27. The van der Waals surface area contributed by atoms with E-state index in [1.54, 1.807) is 0 Å². The highest BCUT2D eigenvalue weighted by atomic mass is 79.9. The molecule has 3 nitrogen and oxygen atoms in total. The van der Waals surface area contributed by atoms with Crippen LogP contribution in [0.15, 0.2) is 0 Å². The quantitative estimate of drug-likeness (QED) is 0.681. The lowest BCUT2D eigenvalue weighted by Gasteiger charge is -2.13. The molecule has 4 heteroatoms. The van der Waals surface area contributed by atoms with Crippen molar-refractivity contribution < 1.29 is 14.2 Å². The first-order valence-electron chi connectivity index (χ1n) is 3.71. The van der Waals surface area contributed by atoms with Gasteiger partial charge in [0.05, 0.1) is 18.8 Å². The van der Waals surface area contributed by atoms with E-state index in [0.29, 0.717) is 6.61 Å². The van der Waals surface area contributed by atoms with Gasteiger partial charge in [-0.25, -0.2) is 0 Å². The fraction of sp³-hybridized carbons (Fsp3) is 1.00. The first-order chi connectivity index (χ1) is 5.22. The highest BCUT2D eigenvalue weighted by molar-refractivity contribution is 9.09. The first kappa shape index (κ1) is 9.45. The fourth-order valence-electron chi connectivity index (χ4n) is 0.796. The lowest BCUT2D eigenvalue weighted by Crippen LogP contribution is -2.19. The summed E-state index contributed by atoms with van der Waals surface area (Å²) in [5.41, 5.74) is 0. The molecule has 0 spiro atoms. The van der Waals surface area contributed by atoms with Gasteiger partial charge in [-0.2, -0.15) is 0 Å². The molecular weight excluding hydrogens is 212 g/mol. The predicted molar refractivity (Wildman–Crippen MR) is 44.6 cm³/mol. The minimum Gasteiger partial charge on any atom is -0.327 e. The summed E-state index contributed by atoms with van der Waals surface area (Å²) in [6, 6.07) is 0. The van der Waals surface area contributed by atoms with Gasteiger partial charge in [0.1, 0.15) is 0 Å². The Balaban J connectivity index is 2.19. The highest BCUT2D eigenvalue weighted by Crippen LogP contribution is 2.15. The van der Waals surface area contributed by atoms with Crippen molar-refractivity contribution in [1.29, 1.82) is 0 Å². The Morgan fingerprint density at radius 3 is 2.82 bits per heavy atom. The third-order valence-corrected chi connectivity index (χ3v) is 2.00. The van der Waals surface area contributed by atoms with Crippen molar-refractivity contribution in [2.75, 3.05) is 11.9 Å². The predicted octanol–water partition coefficient (Wildman–Crippen LogP) is 1.51. The maximum Gasteiger partial charge on any atom is 0.272 e. The molecule has 0 bridgehead atoms. The lowest BCUT2D eigenvalue weighted by molar-refractivity contribution is -0.251. The molecule has 0 radical (unpaired) electrons. The molecule has 11 heavy (non-hydrogen) atoms. The Hall–Kier alpha value is 0.360. The monoisotopic (exact) mass is 224 g/mol. The van der Waals surface area contributed by atoms with E-state index in [2.05, 4.69) is 15.9 Å². The zero-order valence-electron chi connectivity index (χ0n) is 6.75. The maximum atomic E-state index is 5.33. The van der Waals surface area contributed by atoms with Crippen molar-refractivity contribution in [3.05, 3.63) is 0 Å². The second kappa shape index (κ2) is 4.40. The first-order valence-corrected chi connectivity index (χ1v) is 4.83. The minimum absolute atomic E-state index is 0.138. The third kappa shape index (κ3) is 3.07. The van der Waals surface area contributed by atoms with Crippen molar-refractivity contribution in [2.45, 2.75) is 32.5 Å². The molecule has 66 valence electrons. The van der Waals surface area contributed by atoms with Gasteiger partial charge in [0.2, 0.25) is 0 Å². The molecule has 1 aliphatic heterocycles. The number of hydrogen-bond acceptors (Lipinski definition) is 3. The van der Waals surface area contributed by atoms with Crippen LogP contribution in [0.3, 0.4) is 0 Å². The molecule has 1 rings (SSSR count). The summed E-state index contributed by atoms with van der Waals surface area (Å²) in [6.45, 7) is 4.06.